The summed E-state index contributed by atoms with van der Waals surface area (Å²) in [6.45, 7) is 1.76. The van der Waals surface area contributed by atoms with Crippen LogP contribution in [0.2, 0.25) is 0 Å². The molecule has 1 atom stereocenters. The second-order valence-corrected chi connectivity index (χ2v) is 8.48. The first-order valence-corrected chi connectivity index (χ1v) is 9.53. The summed E-state index contributed by atoms with van der Waals surface area (Å²) in [5.74, 6) is 1.03. The van der Waals surface area contributed by atoms with E-state index in [2.05, 4.69) is 5.32 Å². The van der Waals surface area contributed by atoms with Crippen LogP contribution >= 0.6 is 0 Å². The minimum atomic E-state index is -3.07. The predicted molar refractivity (Wildman–Crippen MR) is 92.1 cm³/mol. The Balaban J connectivity index is 1.73. The largest absolute Gasteiger partial charge is 0.457 e. The van der Waals surface area contributed by atoms with E-state index in [1.807, 2.05) is 30.3 Å². The standard InChI is InChI=1S/C18H19NO4S/c1-18(10-11-24(21,22)13-18)19-17(20)14-6-5-9-16(12-14)23-15-7-3-2-4-8-15/h2-9,12H,10-11,13H2,1H3,(H,19,20)/t18-/m1/s1. The fraction of sp³-hybridized carbons (Fsp3) is 0.278. The molecule has 0 radical (unpaired) electrons. The normalized spacial score (nSPS) is 22.0. The first kappa shape index (κ1) is 16.5. The molecule has 1 amide bonds. The number of nitrogens with one attached hydrogen (secondary N) is 1. The van der Waals surface area contributed by atoms with Crippen LogP contribution < -0.4 is 10.1 Å². The fourth-order valence-electron chi connectivity index (χ4n) is 2.78. The van der Waals surface area contributed by atoms with Crippen molar-refractivity contribution >= 4 is 15.7 Å². The predicted octanol–water partition coefficient (Wildman–Crippen LogP) is 2.79. The van der Waals surface area contributed by atoms with Crippen LogP contribution in [0.4, 0.5) is 0 Å². The van der Waals surface area contributed by atoms with Gasteiger partial charge in [0, 0.05) is 5.56 Å². The van der Waals surface area contributed by atoms with Crippen LogP contribution in [0.5, 0.6) is 11.5 Å². The van der Waals surface area contributed by atoms with E-state index < -0.39 is 15.4 Å². The summed E-state index contributed by atoms with van der Waals surface area (Å²) in [6, 6.07) is 16.1. The molecule has 2 aromatic rings. The number of sulfone groups is 1. The Bertz CT molecular complexity index is 848. The average Bonchev–Trinajstić information content (AvgIpc) is 2.82. The molecule has 126 valence electrons. The molecule has 1 fully saturated rings. The third-order valence-corrected chi connectivity index (χ3v) is 5.90. The first-order valence-electron chi connectivity index (χ1n) is 7.71. The van der Waals surface area contributed by atoms with Crippen LogP contribution in [-0.2, 0) is 9.84 Å². The smallest absolute Gasteiger partial charge is 0.251 e. The number of carbonyl (C=O) groups is 1. The molecule has 1 aliphatic heterocycles. The minimum absolute atomic E-state index is 0.0219. The molecule has 0 unspecified atom stereocenters. The summed E-state index contributed by atoms with van der Waals surface area (Å²) in [7, 11) is -3.07. The molecule has 1 N–H and O–H groups in total. The van der Waals surface area contributed by atoms with Crippen LogP contribution in [0.25, 0.3) is 0 Å². The molecule has 1 aliphatic rings. The number of rotatable bonds is 4. The molecular formula is C18H19NO4S. The van der Waals surface area contributed by atoms with Crippen molar-refractivity contribution in [2.45, 2.75) is 18.9 Å². The molecule has 0 bridgehead atoms. The van der Waals surface area contributed by atoms with E-state index >= 15 is 0 Å². The molecule has 0 aliphatic carbocycles. The Hall–Kier alpha value is -2.34. The molecule has 0 aromatic heterocycles. The minimum Gasteiger partial charge on any atom is -0.457 e. The summed E-state index contributed by atoms with van der Waals surface area (Å²) in [5, 5.41) is 2.84. The lowest BCUT2D eigenvalue weighted by molar-refractivity contribution is 0.0915. The van der Waals surface area contributed by atoms with Gasteiger partial charge in [0.1, 0.15) is 11.5 Å². The van der Waals surface area contributed by atoms with E-state index in [1.165, 1.54) is 0 Å². The Kier molecular flexibility index (Phi) is 4.32. The van der Waals surface area contributed by atoms with Crippen molar-refractivity contribution in [3.05, 3.63) is 60.2 Å². The van der Waals surface area contributed by atoms with Crippen LogP contribution in [0.15, 0.2) is 54.6 Å². The summed E-state index contributed by atoms with van der Waals surface area (Å²) < 4.78 is 29.0. The molecule has 1 saturated heterocycles. The Morgan fingerprint density at radius 3 is 2.46 bits per heavy atom. The van der Waals surface area contributed by atoms with Crippen molar-refractivity contribution in [2.24, 2.45) is 0 Å². The molecule has 1 heterocycles. The van der Waals surface area contributed by atoms with Gasteiger partial charge in [-0.3, -0.25) is 4.79 Å². The average molecular weight is 345 g/mol. The fourth-order valence-corrected chi connectivity index (χ4v) is 4.87. The molecule has 3 rings (SSSR count). The molecule has 0 spiro atoms. The monoisotopic (exact) mass is 345 g/mol. The van der Waals surface area contributed by atoms with Crippen molar-refractivity contribution in [1.29, 1.82) is 0 Å². The van der Waals surface area contributed by atoms with E-state index in [-0.39, 0.29) is 17.4 Å². The highest BCUT2D eigenvalue weighted by Gasteiger charge is 2.39. The van der Waals surface area contributed by atoms with Crippen LogP contribution in [0, 0.1) is 0 Å². The maximum Gasteiger partial charge on any atom is 0.251 e. The number of ether oxygens (including phenoxy) is 1. The van der Waals surface area contributed by atoms with Gasteiger partial charge in [-0.2, -0.15) is 0 Å². The van der Waals surface area contributed by atoms with Crippen LogP contribution in [0.3, 0.4) is 0 Å². The molecule has 0 saturated carbocycles. The summed E-state index contributed by atoms with van der Waals surface area (Å²) >= 11 is 0. The summed E-state index contributed by atoms with van der Waals surface area (Å²) in [5.41, 5.74) is -0.277. The lowest BCUT2D eigenvalue weighted by atomic mass is 10.0. The number of carbonyl (C=O) groups excluding carboxylic acids is 1. The Morgan fingerprint density at radius 2 is 1.79 bits per heavy atom. The molecule has 6 heteroatoms. The highest BCUT2D eigenvalue weighted by atomic mass is 32.2. The van der Waals surface area contributed by atoms with Gasteiger partial charge in [-0.1, -0.05) is 24.3 Å². The van der Waals surface area contributed by atoms with Gasteiger partial charge in [0.25, 0.3) is 5.91 Å². The molecule has 2 aromatic carbocycles. The number of hydrogen-bond donors (Lipinski definition) is 1. The third kappa shape index (κ3) is 3.94. The molecule has 24 heavy (non-hydrogen) atoms. The van der Waals surface area contributed by atoms with Gasteiger partial charge in [-0.15, -0.1) is 0 Å². The topological polar surface area (TPSA) is 72.5 Å². The van der Waals surface area contributed by atoms with Crippen molar-refractivity contribution in [3.8, 4) is 11.5 Å². The van der Waals surface area contributed by atoms with Crippen molar-refractivity contribution in [2.75, 3.05) is 11.5 Å². The lowest BCUT2D eigenvalue weighted by Gasteiger charge is -2.24. The van der Waals surface area contributed by atoms with Gasteiger partial charge in [0.2, 0.25) is 0 Å². The summed E-state index contributed by atoms with van der Waals surface area (Å²) in [6.07, 6.45) is 0.432. The zero-order valence-electron chi connectivity index (χ0n) is 13.4. The number of hydrogen-bond acceptors (Lipinski definition) is 4. The maximum absolute atomic E-state index is 12.5. The van der Waals surface area contributed by atoms with Crippen LogP contribution in [0.1, 0.15) is 23.7 Å². The van der Waals surface area contributed by atoms with Gasteiger partial charge in [0.15, 0.2) is 9.84 Å². The van der Waals surface area contributed by atoms with E-state index in [9.17, 15) is 13.2 Å². The highest BCUT2D eigenvalue weighted by molar-refractivity contribution is 7.91. The van der Waals surface area contributed by atoms with Gasteiger partial charge < -0.3 is 10.1 Å². The highest BCUT2D eigenvalue weighted by Crippen LogP contribution is 2.25. The van der Waals surface area contributed by atoms with Crippen molar-refractivity contribution in [1.82, 2.24) is 5.32 Å². The quantitative estimate of drug-likeness (QED) is 0.925. The van der Waals surface area contributed by atoms with Gasteiger partial charge in [-0.05, 0) is 43.7 Å². The maximum atomic E-state index is 12.5. The third-order valence-electron chi connectivity index (χ3n) is 3.99. The number of amides is 1. The summed E-state index contributed by atoms with van der Waals surface area (Å²) in [4.78, 5) is 12.5. The van der Waals surface area contributed by atoms with Crippen LogP contribution in [-0.4, -0.2) is 31.4 Å². The molecule has 5 nitrogen and oxygen atoms in total. The van der Waals surface area contributed by atoms with Crippen molar-refractivity contribution < 1.29 is 17.9 Å². The second-order valence-electron chi connectivity index (χ2n) is 6.30. The zero-order valence-corrected chi connectivity index (χ0v) is 14.2. The zero-order chi connectivity index (χ0) is 17.2. The number of para-hydroxylation sites is 1. The van der Waals surface area contributed by atoms with Gasteiger partial charge >= 0.3 is 0 Å². The van der Waals surface area contributed by atoms with E-state index in [1.54, 1.807) is 31.2 Å². The Morgan fingerprint density at radius 1 is 1.08 bits per heavy atom. The van der Waals surface area contributed by atoms with E-state index in [0.717, 1.165) is 0 Å². The van der Waals surface area contributed by atoms with E-state index in [0.29, 0.717) is 23.5 Å². The SMILES string of the molecule is C[C@@]1(NC(=O)c2cccc(Oc3ccccc3)c2)CCS(=O)(=O)C1. The molecular weight excluding hydrogens is 326 g/mol. The number of benzene rings is 2. The van der Waals surface area contributed by atoms with E-state index in [4.69, 9.17) is 4.74 Å². The van der Waals surface area contributed by atoms with Gasteiger partial charge in [-0.25, -0.2) is 8.42 Å². The van der Waals surface area contributed by atoms with Crippen molar-refractivity contribution in [3.63, 3.8) is 0 Å². The van der Waals surface area contributed by atoms with Gasteiger partial charge in [0.05, 0.1) is 17.0 Å². The lowest BCUT2D eigenvalue weighted by Crippen LogP contribution is -2.46. The Labute approximate surface area is 141 Å². The second kappa shape index (κ2) is 6.28. The first-order chi connectivity index (χ1) is 11.4.